The second kappa shape index (κ2) is 5.73. The summed E-state index contributed by atoms with van der Waals surface area (Å²) in [7, 11) is 0. The fraction of sp³-hybridized carbons (Fsp3) is 0.333. The highest BCUT2D eigenvalue weighted by Gasteiger charge is 2.18. The maximum Gasteiger partial charge on any atom is 0.143 e. The van der Waals surface area contributed by atoms with Crippen LogP contribution in [-0.2, 0) is 11.8 Å². The summed E-state index contributed by atoms with van der Waals surface area (Å²) in [5.41, 5.74) is 3.58. The van der Waals surface area contributed by atoms with Crippen molar-refractivity contribution >= 4 is 5.82 Å². The van der Waals surface area contributed by atoms with E-state index in [2.05, 4.69) is 15.4 Å². The minimum absolute atomic E-state index is 0.184. The van der Waals surface area contributed by atoms with Gasteiger partial charge in [0.1, 0.15) is 23.3 Å². The number of nitrogen functional groups attached to an aromatic ring is 1. The zero-order chi connectivity index (χ0) is 15.6. The Morgan fingerprint density at radius 1 is 1.05 bits per heavy atom. The molecular formula is C15H18F2N4. The van der Waals surface area contributed by atoms with Gasteiger partial charge in [-0.2, -0.15) is 0 Å². The van der Waals surface area contributed by atoms with Crippen LogP contribution in [0.2, 0.25) is 0 Å². The molecule has 21 heavy (non-hydrogen) atoms. The molecule has 0 aliphatic carbocycles. The number of nitrogens with one attached hydrogen (secondary N) is 1. The van der Waals surface area contributed by atoms with Gasteiger partial charge in [0.2, 0.25) is 0 Å². The summed E-state index contributed by atoms with van der Waals surface area (Å²) in [5, 5.41) is 0. The zero-order valence-corrected chi connectivity index (χ0v) is 12.2. The van der Waals surface area contributed by atoms with E-state index in [9.17, 15) is 8.78 Å². The lowest BCUT2D eigenvalue weighted by molar-refractivity contribution is 0.562. The summed E-state index contributed by atoms with van der Waals surface area (Å²) < 4.78 is 26.5. The van der Waals surface area contributed by atoms with Crippen LogP contribution in [-0.4, -0.2) is 9.97 Å². The van der Waals surface area contributed by atoms with Gasteiger partial charge in [-0.25, -0.2) is 24.6 Å². The van der Waals surface area contributed by atoms with Crippen LogP contribution in [0, 0.1) is 11.6 Å². The van der Waals surface area contributed by atoms with Crippen molar-refractivity contribution in [3.63, 3.8) is 0 Å². The number of hydrogen-bond donors (Lipinski definition) is 2. The highest BCUT2D eigenvalue weighted by atomic mass is 19.1. The molecule has 3 N–H and O–H groups in total. The number of halogens is 2. The first-order chi connectivity index (χ1) is 9.77. The quantitative estimate of drug-likeness (QED) is 0.674. The van der Waals surface area contributed by atoms with E-state index in [0.29, 0.717) is 17.2 Å². The highest BCUT2D eigenvalue weighted by Crippen LogP contribution is 2.23. The zero-order valence-electron chi connectivity index (χ0n) is 12.2. The Bertz CT molecular complexity index is 630. The summed E-state index contributed by atoms with van der Waals surface area (Å²) in [6.07, 6.45) is 0.229. The molecule has 0 saturated heterocycles. The lowest BCUT2D eigenvalue weighted by Crippen LogP contribution is -2.18. The van der Waals surface area contributed by atoms with E-state index in [1.807, 2.05) is 20.8 Å². The lowest BCUT2D eigenvalue weighted by Gasteiger charge is -2.19. The monoisotopic (exact) mass is 292 g/mol. The molecule has 0 aliphatic heterocycles. The van der Waals surface area contributed by atoms with Crippen LogP contribution in [0.15, 0.2) is 24.3 Å². The van der Waals surface area contributed by atoms with Gasteiger partial charge in [-0.3, -0.25) is 0 Å². The molecule has 0 unspecified atom stereocenters. The molecule has 2 rings (SSSR count). The third-order valence-electron chi connectivity index (χ3n) is 2.97. The molecule has 0 aliphatic rings. The van der Waals surface area contributed by atoms with E-state index in [4.69, 9.17) is 5.84 Å². The van der Waals surface area contributed by atoms with Crippen LogP contribution in [0.4, 0.5) is 14.6 Å². The number of nitrogens with two attached hydrogens (primary N) is 1. The Hall–Kier alpha value is -2.08. The fourth-order valence-electron chi connectivity index (χ4n) is 1.93. The Morgan fingerprint density at radius 2 is 1.67 bits per heavy atom. The van der Waals surface area contributed by atoms with E-state index >= 15 is 0 Å². The van der Waals surface area contributed by atoms with Gasteiger partial charge in [0.15, 0.2) is 0 Å². The molecule has 0 spiro atoms. The van der Waals surface area contributed by atoms with Crippen molar-refractivity contribution in [1.29, 1.82) is 0 Å². The number of aromatic nitrogens is 2. The molecule has 1 aromatic carbocycles. The van der Waals surface area contributed by atoms with E-state index < -0.39 is 11.6 Å². The summed E-state index contributed by atoms with van der Waals surface area (Å²) in [4.78, 5) is 8.68. The van der Waals surface area contributed by atoms with E-state index in [1.54, 1.807) is 6.07 Å². The van der Waals surface area contributed by atoms with Gasteiger partial charge in [0.25, 0.3) is 0 Å². The van der Waals surface area contributed by atoms with Gasteiger partial charge in [0, 0.05) is 24.0 Å². The van der Waals surface area contributed by atoms with Crippen LogP contribution in [0.5, 0.6) is 0 Å². The molecule has 0 fully saturated rings. The molecule has 1 heterocycles. The van der Waals surface area contributed by atoms with Crippen LogP contribution in [0.25, 0.3) is 0 Å². The second-order valence-corrected chi connectivity index (χ2v) is 5.90. The van der Waals surface area contributed by atoms with Crippen molar-refractivity contribution in [1.82, 2.24) is 9.97 Å². The van der Waals surface area contributed by atoms with Gasteiger partial charge in [-0.05, 0) is 17.7 Å². The van der Waals surface area contributed by atoms with Crippen LogP contribution >= 0.6 is 0 Å². The summed E-state index contributed by atoms with van der Waals surface area (Å²) >= 11 is 0. The van der Waals surface area contributed by atoms with Gasteiger partial charge >= 0.3 is 0 Å². The third kappa shape index (κ3) is 3.95. The van der Waals surface area contributed by atoms with Crippen molar-refractivity contribution in [3.05, 3.63) is 53.0 Å². The summed E-state index contributed by atoms with van der Waals surface area (Å²) in [6.45, 7) is 6.05. The van der Waals surface area contributed by atoms with Crippen LogP contribution in [0.1, 0.15) is 37.9 Å². The Kier molecular flexibility index (Phi) is 4.18. The molecule has 2 aromatic rings. The average Bonchev–Trinajstić information content (AvgIpc) is 2.36. The molecule has 6 heteroatoms. The second-order valence-electron chi connectivity index (χ2n) is 5.90. The van der Waals surface area contributed by atoms with Crippen molar-refractivity contribution < 1.29 is 8.78 Å². The Morgan fingerprint density at radius 3 is 2.19 bits per heavy atom. The number of hydrazine groups is 1. The van der Waals surface area contributed by atoms with Crippen molar-refractivity contribution in [2.24, 2.45) is 5.84 Å². The average molecular weight is 292 g/mol. The number of anilines is 1. The van der Waals surface area contributed by atoms with E-state index in [1.165, 1.54) is 12.1 Å². The minimum Gasteiger partial charge on any atom is -0.308 e. The number of nitrogens with zero attached hydrogens (tertiary/aromatic N) is 2. The van der Waals surface area contributed by atoms with Gasteiger partial charge < -0.3 is 5.43 Å². The fourth-order valence-corrected chi connectivity index (χ4v) is 1.93. The molecule has 0 atom stereocenters. The molecule has 4 nitrogen and oxygen atoms in total. The standard InChI is InChI=1S/C15H18F2N4/c1-15(2,3)12-8-14(21-18)20-13(19-12)6-9-4-10(16)7-11(17)5-9/h4-5,7-8H,6,18H2,1-3H3,(H,19,20,21). The Balaban J connectivity index is 2.39. The predicted molar refractivity (Wildman–Crippen MR) is 77.7 cm³/mol. The first-order valence-corrected chi connectivity index (χ1v) is 6.58. The molecule has 0 bridgehead atoms. The number of hydrogen-bond acceptors (Lipinski definition) is 4. The molecule has 0 saturated carbocycles. The van der Waals surface area contributed by atoms with Gasteiger partial charge in [-0.1, -0.05) is 20.8 Å². The normalized spacial score (nSPS) is 11.5. The smallest absolute Gasteiger partial charge is 0.143 e. The molecular weight excluding hydrogens is 274 g/mol. The maximum atomic E-state index is 13.2. The minimum atomic E-state index is -0.617. The maximum absolute atomic E-state index is 13.2. The summed E-state index contributed by atoms with van der Waals surface area (Å²) in [5.74, 6) is 5.11. The van der Waals surface area contributed by atoms with E-state index in [0.717, 1.165) is 11.8 Å². The molecule has 1 aromatic heterocycles. The predicted octanol–water partition coefficient (Wildman–Crippen LogP) is 2.93. The largest absolute Gasteiger partial charge is 0.308 e. The van der Waals surface area contributed by atoms with Crippen molar-refractivity contribution in [2.75, 3.05) is 5.43 Å². The Labute approximate surface area is 122 Å². The highest BCUT2D eigenvalue weighted by molar-refractivity contribution is 5.37. The van der Waals surface area contributed by atoms with Crippen LogP contribution in [0.3, 0.4) is 0 Å². The first-order valence-electron chi connectivity index (χ1n) is 6.58. The lowest BCUT2D eigenvalue weighted by atomic mass is 9.92. The SMILES string of the molecule is CC(C)(C)c1cc(NN)nc(Cc2cc(F)cc(F)c2)n1. The van der Waals surface area contributed by atoms with Crippen LogP contribution < -0.4 is 11.3 Å². The molecule has 0 amide bonds. The topological polar surface area (TPSA) is 63.8 Å². The number of benzene rings is 1. The molecule has 0 radical (unpaired) electrons. The van der Waals surface area contributed by atoms with Crippen molar-refractivity contribution in [3.8, 4) is 0 Å². The van der Waals surface area contributed by atoms with Gasteiger partial charge in [0.05, 0.1) is 5.69 Å². The molecule has 112 valence electrons. The van der Waals surface area contributed by atoms with Crippen molar-refractivity contribution in [2.45, 2.75) is 32.6 Å². The third-order valence-corrected chi connectivity index (χ3v) is 2.97. The summed E-state index contributed by atoms with van der Waals surface area (Å²) in [6, 6.07) is 5.13. The van der Waals surface area contributed by atoms with Gasteiger partial charge in [-0.15, -0.1) is 0 Å². The number of rotatable bonds is 3. The van der Waals surface area contributed by atoms with E-state index in [-0.39, 0.29) is 11.8 Å². The first kappa shape index (κ1) is 15.3.